The number of aliphatic hydroxyl groups excluding tert-OH is 1. The van der Waals surface area contributed by atoms with Gasteiger partial charge in [-0.15, -0.1) is 0 Å². The molecule has 27 heavy (non-hydrogen) atoms. The van der Waals surface area contributed by atoms with Crippen molar-refractivity contribution in [1.82, 2.24) is 4.90 Å². The molecule has 1 aromatic rings. The van der Waals surface area contributed by atoms with Gasteiger partial charge in [-0.25, -0.2) is 4.79 Å². The van der Waals surface area contributed by atoms with Gasteiger partial charge in [0.25, 0.3) is 0 Å². The van der Waals surface area contributed by atoms with Crippen LogP contribution >= 0.6 is 0 Å². The van der Waals surface area contributed by atoms with Gasteiger partial charge in [0.1, 0.15) is 6.10 Å². The Balaban J connectivity index is 1.91. The van der Waals surface area contributed by atoms with Gasteiger partial charge in [0.2, 0.25) is 0 Å². The number of nitrogens with zero attached hydrogens (tertiary/aromatic N) is 1. The van der Waals surface area contributed by atoms with Gasteiger partial charge in [0, 0.05) is 30.8 Å². The van der Waals surface area contributed by atoms with Crippen LogP contribution in [0.1, 0.15) is 31.7 Å². The van der Waals surface area contributed by atoms with Crippen LogP contribution in [0, 0.1) is 5.41 Å². The molecule has 0 aliphatic carbocycles. The average Bonchev–Trinajstić information content (AvgIpc) is 3.29. The number of ether oxygens (including phenoxy) is 4. The summed E-state index contributed by atoms with van der Waals surface area (Å²) in [6.07, 6.45) is -0.116. The Kier molecular flexibility index (Phi) is 5.81. The summed E-state index contributed by atoms with van der Waals surface area (Å²) in [6.45, 7) is 5.94. The molecular formula is C20H29NO6. The Labute approximate surface area is 160 Å². The van der Waals surface area contributed by atoms with Crippen molar-refractivity contribution in [2.24, 2.45) is 5.41 Å². The molecule has 2 aliphatic rings. The minimum atomic E-state index is -0.591. The molecule has 1 aromatic carbocycles. The van der Waals surface area contributed by atoms with Crippen LogP contribution in [0.3, 0.4) is 0 Å². The molecule has 0 spiro atoms. The molecule has 3 rings (SSSR count). The van der Waals surface area contributed by atoms with Crippen molar-refractivity contribution >= 4 is 6.09 Å². The highest BCUT2D eigenvalue weighted by Crippen LogP contribution is 2.47. The van der Waals surface area contributed by atoms with E-state index >= 15 is 0 Å². The van der Waals surface area contributed by atoms with Crippen molar-refractivity contribution in [3.8, 4) is 11.5 Å². The number of amides is 1. The van der Waals surface area contributed by atoms with Gasteiger partial charge in [0.05, 0.1) is 33.5 Å². The maximum absolute atomic E-state index is 12.1. The standard InChI is InChI=1S/C20H29NO6/c1-13(22)20(2)12-21(19(23)25-4)10-16(20)14-5-6-17(24-3)18(9-14)27-15-7-8-26-11-15/h5-6,9,13,15-16,22H,7-8,10-12H2,1-4H3. The summed E-state index contributed by atoms with van der Waals surface area (Å²) in [5.74, 6) is 1.27. The second-order valence-electron chi connectivity index (χ2n) is 7.60. The first-order chi connectivity index (χ1) is 12.9. The number of likely N-dealkylation sites (tertiary alicyclic amines) is 1. The number of rotatable bonds is 5. The smallest absolute Gasteiger partial charge is 0.409 e. The topological polar surface area (TPSA) is 77.5 Å². The molecule has 2 aliphatic heterocycles. The van der Waals surface area contributed by atoms with Crippen molar-refractivity contribution in [3.63, 3.8) is 0 Å². The summed E-state index contributed by atoms with van der Waals surface area (Å²) in [5.41, 5.74) is 0.510. The lowest BCUT2D eigenvalue weighted by atomic mass is 9.72. The van der Waals surface area contributed by atoms with Crippen LogP contribution < -0.4 is 9.47 Å². The zero-order chi connectivity index (χ0) is 19.6. The Morgan fingerprint density at radius 2 is 2.15 bits per heavy atom. The molecule has 1 N–H and O–H groups in total. The maximum Gasteiger partial charge on any atom is 0.409 e. The number of carbonyl (C=O) groups excluding carboxylic acids is 1. The fourth-order valence-corrected chi connectivity index (χ4v) is 3.98. The highest BCUT2D eigenvalue weighted by atomic mass is 16.6. The summed E-state index contributed by atoms with van der Waals surface area (Å²) in [4.78, 5) is 13.7. The van der Waals surface area contributed by atoms with Crippen LogP contribution in [0.5, 0.6) is 11.5 Å². The van der Waals surface area contributed by atoms with Crippen molar-refractivity contribution in [2.75, 3.05) is 40.5 Å². The molecule has 7 nitrogen and oxygen atoms in total. The first kappa shape index (κ1) is 19.8. The summed E-state index contributed by atoms with van der Waals surface area (Å²) in [7, 11) is 2.99. The third kappa shape index (κ3) is 3.84. The zero-order valence-corrected chi connectivity index (χ0v) is 16.4. The number of aliphatic hydroxyl groups is 1. The largest absolute Gasteiger partial charge is 0.493 e. The Hall–Kier alpha value is -1.99. The minimum Gasteiger partial charge on any atom is -0.493 e. The lowest BCUT2D eigenvalue weighted by Crippen LogP contribution is -2.38. The number of methoxy groups -OCH3 is 2. The van der Waals surface area contributed by atoms with E-state index in [4.69, 9.17) is 18.9 Å². The molecule has 7 heteroatoms. The molecule has 2 fully saturated rings. The monoisotopic (exact) mass is 379 g/mol. The van der Waals surface area contributed by atoms with E-state index in [1.807, 2.05) is 25.1 Å². The summed E-state index contributed by atoms with van der Waals surface area (Å²) >= 11 is 0. The van der Waals surface area contributed by atoms with Gasteiger partial charge in [-0.2, -0.15) is 0 Å². The predicted molar refractivity (Wildman–Crippen MR) is 99.4 cm³/mol. The van der Waals surface area contributed by atoms with Crippen molar-refractivity contribution in [1.29, 1.82) is 0 Å². The van der Waals surface area contributed by atoms with Gasteiger partial charge < -0.3 is 29.0 Å². The SMILES string of the molecule is COC(=O)N1CC(c2ccc(OC)c(OC3CCOC3)c2)C(C)(C(C)O)C1. The maximum atomic E-state index is 12.1. The molecule has 0 radical (unpaired) electrons. The van der Waals surface area contributed by atoms with Gasteiger partial charge in [-0.1, -0.05) is 13.0 Å². The molecule has 4 unspecified atom stereocenters. The van der Waals surface area contributed by atoms with Gasteiger partial charge >= 0.3 is 6.09 Å². The van der Waals surface area contributed by atoms with Crippen LogP contribution in [-0.2, 0) is 9.47 Å². The molecule has 0 bridgehead atoms. The fourth-order valence-electron chi connectivity index (χ4n) is 3.98. The fraction of sp³-hybridized carbons (Fsp3) is 0.650. The van der Waals surface area contributed by atoms with Crippen LogP contribution in [-0.4, -0.2) is 68.8 Å². The van der Waals surface area contributed by atoms with Crippen molar-refractivity contribution in [3.05, 3.63) is 23.8 Å². The molecule has 4 atom stereocenters. The second kappa shape index (κ2) is 7.94. The molecule has 0 saturated carbocycles. The molecule has 150 valence electrons. The quantitative estimate of drug-likeness (QED) is 0.847. The van der Waals surface area contributed by atoms with E-state index in [9.17, 15) is 9.90 Å². The van der Waals surface area contributed by atoms with E-state index < -0.39 is 11.5 Å². The minimum absolute atomic E-state index is 0.00689. The van der Waals surface area contributed by atoms with E-state index in [-0.39, 0.29) is 18.1 Å². The van der Waals surface area contributed by atoms with Crippen molar-refractivity contribution < 1.29 is 28.8 Å². The second-order valence-corrected chi connectivity index (χ2v) is 7.60. The third-order valence-electron chi connectivity index (χ3n) is 5.89. The highest BCUT2D eigenvalue weighted by molar-refractivity contribution is 5.68. The number of benzene rings is 1. The first-order valence-corrected chi connectivity index (χ1v) is 9.32. The van der Waals surface area contributed by atoms with Gasteiger partial charge in [-0.3, -0.25) is 0 Å². The van der Waals surface area contributed by atoms with E-state index in [0.29, 0.717) is 37.8 Å². The molecule has 2 heterocycles. The molecule has 2 saturated heterocycles. The summed E-state index contributed by atoms with van der Waals surface area (Å²) in [5, 5.41) is 10.5. The van der Waals surface area contributed by atoms with Gasteiger partial charge in [-0.05, 0) is 24.6 Å². The van der Waals surface area contributed by atoms with E-state index in [0.717, 1.165) is 12.0 Å². The highest BCUT2D eigenvalue weighted by Gasteiger charge is 2.48. The van der Waals surface area contributed by atoms with Crippen LogP contribution in [0.15, 0.2) is 18.2 Å². The zero-order valence-electron chi connectivity index (χ0n) is 16.4. The molecular weight excluding hydrogens is 350 g/mol. The van der Waals surface area contributed by atoms with Gasteiger partial charge in [0.15, 0.2) is 11.5 Å². The molecule has 1 amide bonds. The van der Waals surface area contributed by atoms with E-state index in [2.05, 4.69) is 0 Å². The van der Waals surface area contributed by atoms with Crippen LogP contribution in [0.25, 0.3) is 0 Å². The van der Waals surface area contributed by atoms with E-state index in [1.54, 1.807) is 18.9 Å². The lowest BCUT2D eigenvalue weighted by molar-refractivity contribution is 0.0470. The van der Waals surface area contributed by atoms with Crippen molar-refractivity contribution in [2.45, 2.75) is 38.4 Å². The third-order valence-corrected chi connectivity index (χ3v) is 5.89. The number of hydrogen-bond acceptors (Lipinski definition) is 6. The normalized spacial score (nSPS) is 28.9. The first-order valence-electron chi connectivity index (χ1n) is 9.32. The number of carbonyl (C=O) groups is 1. The lowest BCUT2D eigenvalue weighted by Gasteiger charge is -2.33. The Morgan fingerprint density at radius 3 is 2.74 bits per heavy atom. The average molecular weight is 379 g/mol. The van der Waals surface area contributed by atoms with E-state index in [1.165, 1.54) is 7.11 Å². The summed E-state index contributed by atoms with van der Waals surface area (Å²) in [6, 6.07) is 5.82. The van der Waals surface area contributed by atoms with Crippen LogP contribution in [0.2, 0.25) is 0 Å². The van der Waals surface area contributed by atoms with Crippen LogP contribution in [0.4, 0.5) is 4.79 Å². The molecule has 0 aromatic heterocycles. The predicted octanol–water partition coefficient (Wildman–Crippen LogP) is 2.42. The summed E-state index contributed by atoms with van der Waals surface area (Å²) < 4.78 is 21.8. The number of hydrogen-bond donors (Lipinski definition) is 1. The Bertz CT molecular complexity index is 672. The Morgan fingerprint density at radius 1 is 1.37 bits per heavy atom.